The third kappa shape index (κ3) is 2.74. The average Bonchev–Trinajstić information content (AvgIpc) is 2.71. The van der Waals surface area contributed by atoms with Gasteiger partial charge >= 0.3 is 0 Å². The molecular formula is C16H26N2O2. The molecule has 2 aliphatic heterocycles. The number of hydrogen-bond donors (Lipinski definition) is 0. The van der Waals surface area contributed by atoms with Gasteiger partial charge in [0.15, 0.2) is 0 Å². The van der Waals surface area contributed by atoms with Crippen molar-refractivity contribution in [2.45, 2.75) is 58.0 Å². The Bertz CT molecular complexity index is 409. The summed E-state index contributed by atoms with van der Waals surface area (Å²) in [6.07, 6.45) is 5.07. The van der Waals surface area contributed by atoms with Crippen LogP contribution >= 0.6 is 0 Å². The van der Waals surface area contributed by atoms with Crippen LogP contribution in [-0.4, -0.2) is 46.3 Å². The van der Waals surface area contributed by atoms with Crippen molar-refractivity contribution in [2.75, 3.05) is 13.1 Å². The molecule has 0 aromatic heterocycles. The van der Waals surface area contributed by atoms with Gasteiger partial charge in [-0.25, -0.2) is 0 Å². The minimum absolute atomic E-state index is 0.0224. The van der Waals surface area contributed by atoms with Crippen molar-refractivity contribution in [3.05, 3.63) is 12.7 Å². The molecule has 2 fully saturated rings. The predicted octanol–water partition coefficient (Wildman–Crippen LogP) is 2.20. The van der Waals surface area contributed by atoms with Crippen LogP contribution in [0.15, 0.2) is 12.7 Å². The number of nitrogens with zero attached hydrogens (tertiary/aromatic N) is 2. The summed E-state index contributed by atoms with van der Waals surface area (Å²) >= 11 is 0. The highest BCUT2D eigenvalue weighted by molar-refractivity contribution is 5.87. The van der Waals surface area contributed by atoms with Crippen LogP contribution in [0.5, 0.6) is 0 Å². The summed E-state index contributed by atoms with van der Waals surface area (Å²) in [5.74, 6) is 0.333. The lowest BCUT2D eigenvalue weighted by molar-refractivity contribution is -0.144. The molecule has 0 bridgehead atoms. The third-order valence-corrected chi connectivity index (χ3v) is 4.83. The van der Waals surface area contributed by atoms with Crippen molar-refractivity contribution in [1.82, 2.24) is 9.80 Å². The second-order valence-corrected chi connectivity index (χ2v) is 6.71. The molecule has 4 nitrogen and oxygen atoms in total. The molecule has 0 saturated carbocycles. The van der Waals surface area contributed by atoms with Crippen LogP contribution in [-0.2, 0) is 9.59 Å². The molecule has 0 radical (unpaired) electrons. The lowest BCUT2D eigenvalue weighted by Crippen LogP contribution is -2.51. The lowest BCUT2D eigenvalue weighted by Gasteiger charge is -2.39. The molecule has 1 unspecified atom stereocenters. The van der Waals surface area contributed by atoms with E-state index in [9.17, 15) is 9.59 Å². The first-order valence-corrected chi connectivity index (χ1v) is 7.61. The van der Waals surface area contributed by atoms with Crippen LogP contribution in [0.1, 0.15) is 46.5 Å². The van der Waals surface area contributed by atoms with Gasteiger partial charge in [0.1, 0.15) is 0 Å². The van der Waals surface area contributed by atoms with Gasteiger partial charge in [-0.1, -0.05) is 6.58 Å². The molecule has 1 atom stereocenters. The summed E-state index contributed by atoms with van der Waals surface area (Å²) in [4.78, 5) is 28.2. The molecule has 0 aromatic rings. The minimum Gasteiger partial charge on any atom is -0.339 e. The first-order valence-electron chi connectivity index (χ1n) is 7.61. The molecule has 2 saturated heterocycles. The molecule has 2 rings (SSSR count). The van der Waals surface area contributed by atoms with E-state index in [-0.39, 0.29) is 23.3 Å². The molecular weight excluding hydrogens is 252 g/mol. The molecule has 2 aliphatic rings. The van der Waals surface area contributed by atoms with Crippen molar-refractivity contribution in [3.63, 3.8) is 0 Å². The molecule has 0 N–H and O–H groups in total. The standard InChI is InChI=1S/C16H26N2O2/c1-5-14(19)17-10-7-13(8-11-17)15(20)18-12(2)6-9-16(18,3)4/h5,12-13H,1,6-11H2,2-4H3. The van der Waals surface area contributed by atoms with Crippen LogP contribution in [0.2, 0.25) is 0 Å². The Morgan fingerprint density at radius 1 is 1.20 bits per heavy atom. The Morgan fingerprint density at radius 2 is 1.80 bits per heavy atom. The predicted molar refractivity (Wildman–Crippen MR) is 79.1 cm³/mol. The minimum atomic E-state index is -0.0232. The summed E-state index contributed by atoms with van der Waals surface area (Å²) in [7, 11) is 0. The van der Waals surface area contributed by atoms with Crippen LogP contribution < -0.4 is 0 Å². The van der Waals surface area contributed by atoms with E-state index in [1.54, 1.807) is 4.90 Å². The van der Waals surface area contributed by atoms with Crippen LogP contribution in [0.4, 0.5) is 0 Å². The normalized spacial score (nSPS) is 26.6. The van der Waals surface area contributed by atoms with Gasteiger partial charge in [0.05, 0.1) is 0 Å². The smallest absolute Gasteiger partial charge is 0.245 e. The first kappa shape index (κ1) is 15.1. The highest BCUT2D eigenvalue weighted by Crippen LogP contribution is 2.35. The quantitative estimate of drug-likeness (QED) is 0.727. The Kier molecular flexibility index (Phi) is 4.21. The van der Waals surface area contributed by atoms with Crippen molar-refractivity contribution < 1.29 is 9.59 Å². The van der Waals surface area contributed by atoms with Gasteiger partial charge < -0.3 is 9.80 Å². The topological polar surface area (TPSA) is 40.6 Å². The SMILES string of the molecule is C=CC(=O)N1CCC(C(=O)N2C(C)CCC2(C)C)CC1. The molecule has 4 heteroatoms. The van der Waals surface area contributed by atoms with Gasteiger partial charge in [0.25, 0.3) is 0 Å². The fourth-order valence-corrected chi connectivity index (χ4v) is 3.60. The van der Waals surface area contributed by atoms with Gasteiger partial charge in [-0.2, -0.15) is 0 Å². The monoisotopic (exact) mass is 278 g/mol. The van der Waals surface area contributed by atoms with Gasteiger partial charge in [-0.3, -0.25) is 9.59 Å². The molecule has 0 aromatic carbocycles. The summed E-state index contributed by atoms with van der Waals surface area (Å²) in [5.41, 5.74) is -0.0232. The largest absolute Gasteiger partial charge is 0.339 e. The van der Waals surface area contributed by atoms with Gasteiger partial charge in [-0.05, 0) is 52.5 Å². The Morgan fingerprint density at radius 3 is 2.25 bits per heavy atom. The number of rotatable bonds is 2. The average molecular weight is 278 g/mol. The van der Waals surface area contributed by atoms with E-state index in [0.717, 1.165) is 25.7 Å². The second-order valence-electron chi connectivity index (χ2n) is 6.71. The number of carbonyl (C=O) groups is 2. The number of piperidine rings is 1. The second kappa shape index (κ2) is 5.58. The molecule has 20 heavy (non-hydrogen) atoms. The highest BCUT2D eigenvalue weighted by atomic mass is 16.2. The maximum Gasteiger partial charge on any atom is 0.245 e. The van der Waals surface area contributed by atoms with E-state index in [2.05, 4.69) is 32.3 Å². The van der Waals surface area contributed by atoms with Crippen molar-refractivity contribution in [1.29, 1.82) is 0 Å². The van der Waals surface area contributed by atoms with Crippen LogP contribution in [0, 0.1) is 5.92 Å². The first-order chi connectivity index (χ1) is 9.36. The van der Waals surface area contributed by atoms with Gasteiger partial charge in [-0.15, -0.1) is 0 Å². The zero-order valence-electron chi connectivity index (χ0n) is 12.9. The number of carbonyl (C=O) groups excluding carboxylic acids is 2. The maximum atomic E-state index is 12.8. The van der Waals surface area contributed by atoms with Gasteiger partial charge in [0, 0.05) is 30.6 Å². The molecule has 2 heterocycles. The Balaban J connectivity index is 1.98. The number of likely N-dealkylation sites (tertiary alicyclic amines) is 2. The fraction of sp³-hybridized carbons (Fsp3) is 0.750. The Labute approximate surface area is 121 Å². The summed E-state index contributed by atoms with van der Waals surface area (Å²) in [6, 6.07) is 0.338. The van der Waals surface area contributed by atoms with E-state index in [1.165, 1.54) is 6.08 Å². The highest BCUT2D eigenvalue weighted by Gasteiger charge is 2.43. The molecule has 112 valence electrons. The van der Waals surface area contributed by atoms with Crippen molar-refractivity contribution >= 4 is 11.8 Å². The van der Waals surface area contributed by atoms with Crippen LogP contribution in [0.25, 0.3) is 0 Å². The summed E-state index contributed by atoms with van der Waals surface area (Å²) in [6.45, 7) is 11.3. The van der Waals surface area contributed by atoms with Gasteiger partial charge in [0.2, 0.25) is 11.8 Å². The van der Waals surface area contributed by atoms with Crippen LogP contribution in [0.3, 0.4) is 0 Å². The zero-order chi connectivity index (χ0) is 14.9. The van der Waals surface area contributed by atoms with E-state index in [1.807, 2.05) is 0 Å². The zero-order valence-corrected chi connectivity index (χ0v) is 12.9. The van der Waals surface area contributed by atoms with Crippen molar-refractivity contribution in [3.8, 4) is 0 Å². The van der Waals surface area contributed by atoms with E-state index in [0.29, 0.717) is 19.1 Å². The third-order valence-electron chi connectivity index (χ3n) is 4.83. The van der Waals surface area contributed by atoms with E-state index >= 15 is 0 Å². The summed E-state index contributed by atoms with van der Waals surface area (Å²) in [5, 5.41) is 0. The maximum absolute atomic E-state index is 12.8. The van der Waals surface area contributed by atoms with E-state index < -0.39 is 0 Å². The van der Waals surface area contributed by atoms with Crippen molar-refractivity contribution in [2.24, 2.45) is 5.92 Å². The number of amides is 2. The molecule has 0 aliphatic carbocycles. The Hall–Kier alpha value is -1.32. The number of hydrogen-bond acceptors (Lipinski definition) is 2. The summed E-state index contributed by atoms with van der Waals surface area (Å²) < 4.78 is 0. The van der Waals surface area contributed by atoms with E-state index in [4.69, 9.17) is 0 Å². The fourth-order valence-electron chi connectivity index (χ4n) is 3.60. The molecule has 2 amide bonds. The molecule has 0 spiro atoms. The lowest BCUT2D eigenvalue weighted by atomic mass is 9.93.